The van der Waals surface area contributed by atoms with Gasteiger partial charge in [0.1, 0.15) is 26.6 Å². The van der Waals surface area contributed by atoms with Crippen molar-refractivity contribution < 1.29 is 21.7 Å². The van der Waals surface area contributed by atoms with Crippen LogP contribution in [0.2, 0.25) is 0 Å². The van der Waals surface area contributed by atoms with E-state index in [1.54, 1.807) is 6.92 Å². The van der Waals surface area contributed by atoms with Gasteiger partial charge < -0.3 is 12.4 Å². The highest BCUT2D eigenvalue weighted by Gasteiger charge is 2.48. The van der Waals surface area contributed by atoms with E-state index in [1.165, 1.54) is 0 Å². The highest BCUT2D eigenvalue weighted by molar-refractivity contribution is 5.76. The summed E-state index contributed by atoms with van der Waals surface area (Å²) in [5, 5.41) is 0. The molecule has 4 bridgehead atoms. The molecule has 0 aliphatic carbocycles. The predicted molar refractivity (Wildman–Crippen MR) is 50.5 cm³/mol. The number of hydrogen-bond acceptors (Lipinski definition) is 4. The van der Waals surface area contributed by atoms with E-state index in [0.717, 1.165) is 44.5 Å². The normalized spacial score (nSPS) is 46.3. The Kier molecular flexibility index (Phi) is 2.77. The van der Waals surface area contributed by atoms with Gasteiger partial charge >= 0.3 is 0 Å². The maximum absolute atomic E-state index is 11.3. The Labute approximate surface area is 96.2 Å². The van der Waals surface area contributed by atoms with Gasteiger partial charge in [0.25, 0.3) is 0 Å². The zero-order valence-corrected chi connectivity index (χ0v) is 9.78. The van der Waals surface area contributed by atoms with Crippen LogP contribution in [-0.4, -0.2) is 71.5 Å². The van der Waals surface area contributed by atoms with Crippen molar-refractivity contribution in [1.29, 1.82) is 0 Å². The summed E-state index contributed by atoms with van der Waals surface area (Å²) in [6.07, 6.45) is 0. The first-order valence-electron chi connectivity index (χ1n) is 5.17. The second-order valence-corrected chi connectivity index (χ2v) is 5.06. The fourth-order valence-electron chi connectivity index (χ4n) is 3.28. The fraction of sp³-hybridized carbons (Fsp3) is 0.889. The van der Waals surface area contributed by atoms with Crippen molar-refractivity contribution in [3.8, 4) is 0 Å². The van der Waals surface area contributed by atoms with Crippen molar-refractivity contribution in [3.05, 3.63) is 0 Å². The number of carbonyl (C=O) groups excluding carboxylic acids is 1. The average molecular weight is 233 g/mol. The van der Waals surface area contributed by atoms with Crippen LogP contribution >= 0.6 is 0 Å². The number of nitrogens with zero attached hydrogens (tertiary/aromatic N) is 4. The zero-order valence-electron chi connectivity index (χ0n) is 9.02. The highest BCUT2D eigenvalue weighted by Crippen LogP contribution is 2.28. The standard InChI is InChI=1S/C9H17N4O.ClH/c1-9(14)2-13-6-10-3-11(7-13)5-12(4-10)8-13;/h2-8H2,1H3;1H/q+1;/p-1. The third-order valence-corrected chi connectivity index (χ3v) is 3.26. The Hall–Kier alpha value is -0.200. The monoisotopic (exact) mass is 232 g/mol. The zero-order chi connectivity index (χ0) is 9.76. The molecule has 0 saturated carbocycles. The van der Waals surface area contributed by atoms with Gasteiger partial charge in [-0.05, 0) is 0 Å². The number of Topliss-reactive ketones (excluding diaryl/α,β-unsaturated/α-hetero) is 1. The molecule has 0 aromatic carbocycles. The first-order valence-corrected chi connectivity index (χ1v) is 5.17. The van der Waals surface area contributed by atoms with Crippen LogP contribution in [0.3, 0.4) is 0 Å². The summed E-state index contributed by atoms with van der Waals surface area (Å²) in [5.74, 6) is 0.315. The second-order valence-electron chi connectivity index (χ2n) is 5.06. The summed E-state index contributed by atoms with van der Waals surface area (Å²) in [6, 6.07) is 0. The predicted octanol–water partition coefficient (Wildman–Crippen LogP) is -3.91. The molecular formula is C9H17ClN4O. The molecule has 0 aromatic heterocycles. The van der Waals surface area contributed by atoms with Crippen LogP contribution in [-0.2, 0) is 4.79 Å². The van der Waals surface area contributed by atoms with Gasteiger partial charge in [-0.3, -0.25) is 9.28 Å². The van der Waals surface area contributed by atoms with Crippen molar-refractivity contribution in [1.82, 2.24) is 14.7 Å². The maximum Gasteiger partial charge on any atom is 0.183 e. The van der Waals surface area contributed by atoms with Crippen molar-refractivity contribution in [2.24, 2.45) is 0 Å². The molecule has 86 valence electrons. The highest BCUT2D eigenvalue weighted by atomic mass is 35.5. The van der Waals surface area contributed by atoms with Crippen LogP contribution in [0.5, 0.6) is 0 Å². The molecule has 0 spiro atoms. The fourth-order valence-corrected chi connectivity index (χ4v) is 3.28. The van der Waals surface area contributed by atoms with Crippen molar-refractivity contribution in [2.45, 2.75) is 6.92 Å². The van der Waals surface area contributed by atoms with Gasteiger partial charge in [0.15, 0.2) is 5.78 Å². The van der Waals surface area contributed by atoms with Gasteiger partial charge in [-0.25, -0.2) is 14.7 Å². The SMILES string of the molecule is CC(=O)C[N+]12CN3CN(CN(C3)C1)C2.[Cl-]. The lowest BCUT2D eigenvalue weighted by molar-refractivity contribution is -0.973. The van der Waals surface area contributed by atoms with Crippen LogP contribution < -0.4 is 12.4 Å². The molecule has 0 aromatic rings. The number of rotatable bonds is 2. The lowest BCUT2D eigenvalue weighted by atomic mass is 10.2. The second kappa shape index (κ2) is 3.68. The molecule has 0 unspecified atom stereocenters. The summed E-state index contributed by atoms with van der Waals surface area (Å²) >= 11 is 0. The summed E-state index contributed by atoms with van der Waals surface area (Å²) < 4.78 is 0.940. The van der Waals surface area contributed by atoms with E-state index in [-0.39, 0.29) is 12.4 Å². The smallest absolute Gasteiger partial charge is 0.183 e. The van der Waals surface area contributed by atoms with Crippen LogP contribution in [0.25, 0.3) is 0 Å². The summed E-state index contributed by atoms with van der Waals surface area (Å²) in [6.45, 7) is 8.86. The molecule has 4 fully saturated rings. The molecule has 0 amide bonds. The van der Waals surface area contributed by atoms with E-state index in [0.29, 0.717) is 12.3 Å². The number of carbonyl (C=O) groups is 1. The van der Waals surface area contributed by atoms with E-state index in [1.807, 2.05) is 0 Å². The molecule has 4 heterocycles. The average Bonchev–Trinajstić information content (AvgIpc) is 1.96. The van der Waals surface area contributed by atoms with Crippen molar-refractivity contribution in [3.63, 3.8) is 0 Å². The number of ketones is 1. The van der Waals surface area contributed by atoms with Crippen LogP contribution in [0, 0.1) is 0 Å². The topological polar surface area (TPSA) is 26.8 Å². The van der Waals surface area contributed by atoms with E-state index < -0.39 is 0 Å². The molecule has 4 saturated heterocycles. The number of halogens is 1. The summed E-state index contributed by atoms with van der Waals surface area (Å²) in [4.78, 5) is 18.5. The Bertz CT molecular complexity index is 248. The molecule has 15 heavy (non-hydrogen) atoms. The Morgan fingerprint density at radius 3 is 1.80 bits per heavy atom. The van der Waals surface area contributed by atoms with Crippen molar-refractivity contribution in [2.75, 3.05) is 46.6 Å². The molecule has 0 radical (unpaired) electrons. The van der Waals surface area contributed by atoms with E-state index >= 15 is 0 Å². The Balaban J connectivity index is 0.000000853. The van der Waals surface area contributed by atoms with Gasteiger partial charge in [0, 0.05) is 6.92 Å². The minimum Gasteiger partial charge on any atom is -1.00 e. The Morgan fingerprint density at radius 1 is 1.07 bits per heavy atom. The largest absolute Gasteiger partial charge is 1.00 e. The van der Waals surface area contributed by atoms with Gasteiger partial charge in [-0.15, -0.1) is 0 Å². The minimum absolute atomic E-state index is 0. The van der Waals surface area contributed by atoms with Gasteiger partial charge in [-0.1, -0.05) is 0 Å². The molecule has 6 heteroatoms. The summed E-state index contributed by atoms with van der Waals surface area (Å²) in [7, 11) is 0. The number of quaternary nitrogens is 1. The van der Waals surface area contributed by atoms with Crippen LogP contribution in [0.15, 0.2) is 0 Å². The molecular weight excluding hydrogens is 216 g/mol. The van der Waals surface area contributed by atoms with Crippen molar-refractivity contribution >= 4 is 5.78 Å². The van der Waals surface area contributed by atoms with Gasteiger partial charge in [-0.2, -0.15) is 0 Å². The van der Waals surface area contributed by atoms with E-state index in [9.17, 15) is 4.79 Å². The molecule has 0 atom stereocenters. The molecule has 4 rings (SSSR count). The molecule has 5 nitrogen and oxygen atoms in total. The van der Waals surface area contributed by atoms with E-state index in [2.05, 4.69) is 14.7 Å². The van der Waals surface area contributed by atoms with Crippen LogP contribution in [0.4, 0.5) is 0 Å². The first kappa shape index (κ1) is 11.3. The molecule has 4 aliphatic heterocycles. The number of hydrogen-bond donors (Lipinski definition) is 0. The Morgan fingerprint density at radius 2 is 1.47 bits per heavy atom. The summed E-state index contributed by atoms with van der Waals surface area (Å²) in [5.41, 5.74) is 0. The van der Waals surface area contributed by atoms with Gasteiger partial charge in [0.05, 0.1) is 20.0 Å². The van der Waals surface area contributed by atoms with E-state index in [4.69, 9.17) is 0 Å². The first-order chi connectivity index (χ1) is 6.65. The van der Waals surface area contributed by atoms with Gasteiger partial charge in [0.2, 0.25) is 0 Å². The lowest BCUT2D eigenvalue weighted by Gasteiger charge is -2.60. The van der Waals surface area contributed by atoms with Crippen LogP contribution in [0.1, 0.15) is 6.92 Å². The third kappa shape index (κ3) is 1.90. The lowest BCUT2D eigenvalue weighted by Crippen LogP contribution is -3.00. The quantitative estimate of drug-likeness (QED) is 0.455. The maximum atomic E-state index is 11.3. The molecule has 0 N–H and O–H groups in total. The third-order valence-electron chi connectivity index (χ3n) is 3.26. The minimum atomic E-state index is 0. The molecule has 4 aliphatic rings.